The second kappa shape index (κ2) is 8.20. The Morgan fingerprint density at radius 1 is 1.32 bits per heavy atom. The van der Waals surface area contributed by atoms with E-state index in [1.54, 1.807) is 37.5 Å². The Balaban J connectivity index is 2.23. The SMILES string of the molecule is CCCn1c(C)cc(/C=C(\C#N)C(=O)Nc2ccc(OC)cc2)c1C. The number of carbonyl (C=O) groups excluding carboxylic acids is 1. The maximum absolute atomic E-state index is 12.4. The minimum Gasteiger partial charge on any atom is -0.497 e. The average molecular weight is 337 g/mol. The van der Waals surface area contributed by atoms with Crippen LogP contribution in [-0.4, -0.2) is 17.6 Å². The van der Waals surface area contributed by atoms with Gasteiger partial charge in [0.15, 0.2) is 0 Å². The van der Waals surface area contributed by atoms with Gasteiger partial charge >= 0.3 is 0 Å². The number of anilines is 1. The number of benzene rings is 1. The van der Waals surface area contributed by atoms with E-state index in [4.69, 9.17) is 4.74 Å². The number of nitrogens with zero attached hydrogens (tertiary/aromatic N) is 2. The first-order valence-electron chi connectivity index (χ1n) is 8.24. The van der Waals surface area contributed by atoms with E-state index in [0.717, 1.165) is 29.9 Å². The highest BCUT2D eigenvalue weighted by atomic mass is 16.5. The summed E-state index contributed by atoms with van der Waals surface area (Å²) in [6.07, 6.45) is 2.68. The second-order valence-electron chi connectivity index (χ2n) is 5.83. The van der Waals surface area contributed by atoms with E-state index in [9.17, 15) is 10.1 Å². The number of nitriles is 1. The van der Waals surface area contributed by atoms with Crippen molar-refractivity contribution in [3.05, 3.63) is 52.9 Å². The molecule has 0 spiro atoms. The van der Waals surface area contributed by atoms with Gasteiger partial charge < -0.3 is 14.6 Å². The molecule has 5 nitrogen and oxygen atoms in total. The Bertz CT molecular complexity index is 824. The van der Waals surface area contributed by atoms with Crippen LogP contribution in [0.1, 0.15) is 30.3 Å². The Morgan fingerprint density at radius 3 is 2.56 bits per heavy atom. The number of hydrogen-bond acceptors (Lipinski definition) is 3. The molecule has 25 heavy (non-hydrogen) atoms. The standard InChI is InChI=1S/C20H23N3O2/c1-5-10-23-14(2)11-16(15(23)3)12-17(13-21)20(24)22-18-6-8-19(25-4)9-7-18/h6-9,11-12H,5,10H2,1-4H3,(H,22,24)/b17-12+. The molecular formula is C20H23N3O2. The minimum absolute atomic E-state index is 0.0765. The van der Waals surface area contributed by atoms with Crippen LogP contribution in [0.3, 0.4) is 0 Å². The Labute approximate surface area is 148 Å². The van der Waals surface area contributed by atoms with Crippen LogP contribution in [0.2, 0.25) is 0 Å². The smallest absolute Gasteiger partial charge is 0.266 e. The molecule has 5 heteroatoms. The summed E-state index contributed by atoms with van der Waals surface area (Å²) in [5, 5.41) is 12.1. The lowest BCUT2D eigenvalue weighted by molar-refractivity contribution is -0.112. The molecule has 0 radical (unpaired) electrons. The Hall–Kier alpha value is -3.00. The number of hydrogen-bond donors (Lipinski definition) is 1. The highest BCUT2D eigenvalue weighted by Crippen LogP contribution is 2.20. The van der Waals surface area contributed by atoms with E-state index in [0.29, 0.717) is 11.4 Å². The fourth-order valence-corrected chi connectivity index (χ4v) is 2.72. The van der Waals surface area contributed by atoms with Gasteiger partial charge in [0.25, 0.3) is 5.91 Å². The molecule has 0 fully saturated rings. The molecule has 1 amide bonds. The van der Waals surface area contributed by atoms with Crippen molar-refractivity contribution in [2.45, 2.75) is 33.7 Å². The molecule has 1 heterocycles. The Morgan fingerprint density at radius 2 is 2.00 bits per heavy atom. The molecule has 0 aliphatic carbocycles. The van der Waals surface area contributed by atoms with Crippen molar-refractivity contribution in [3.8, 4) is 11.8 Å². The fourth-order valence-electron chi connectivity index (χ4n) is 2.72. The first-order valence-corrected chi connectivity index (χ1v) is 8.24. The molecule has 2 aromatic rings. The van der Waals surface area contributed by atoms with Crippen LogP contribution < -0.4 is 10.1 Å². The zero-order chi connectivity index (χ0) is 18.4. The van der Waals surface area contributed by atoms with E-state index < -0.39 is 5.91 Å². The van der Waals surface area contributed by atoms with Crippen molar-refractivity contribution >= 4 is 17.7 Å². The number of aryl methyl sites for hydroxylation is 1. The lowest BCUT2D eigenvalue weighted by atomic mass is 10.1. The zero-order valence-corrected chi connectivity index (χ0v) is 15.1. The predicted octanol–water partition coefficient (Wildman–Crippen LogP) is 4.07. The van der Waals surface area contributed by atoms with Gasteiger partial charge in [-0.15, -0.1) is 0 Å². The van der Waals surface area contributed by atoms with E-state index in [-0.39, 0.29) is 5.57 Å². The van der Waals surface area contributed by atoms with Crippen molar-refractivity contribution in [3.63, 3.8) is 0 Å². The van der Waals surface area contributed by atoms with Crippen LogP contribution in [0.25, 0.3) is 6.08 Å². The summed E-state index contributed by atoms with van der Waals surface area (Å²) in [5.74, 6) is 0.283. The third-order valence-electron chi connectivity index (χ3n) is 4.07. The van der Waals surface area contributed by atoms with Gasteiger partial charge in [0.2, 0.25) is 0 Å². The number of amides is 1. The summed E-state index contributed by atoms with van der Waals surface area (Å²) in [4.78, 5) is 12.4. The summed E-state index contributed by atoms with van der Waals surface area (Å²) >= 11 is 0. The van der Waals surface area contributed by atoms with Gasteiger partial charge in [-0.3, -0.25) is 4.79 Å². The quantitative estimate of drug-likeness (QED) is 0.638. The molecule has 2 rings (SSSR count). The third-order valence-corrected chi connectivity index (χ3v) is 4.07. The molecule has 0 saturated carbocycles. The van der Waals surface area contributed by atoms with Crippen LogP contribution in [0.5, 0.6) is 5.75 Å². The molecule has 0 atom stereocenters. The Kier molecular flexibility index (Phi) is 6.02. The number of nitrogens with one attached hydrogen (secondary N) is 1. The van der Waals surface area contributed by atoms with Gasteiger partial charge in [0.1, 0.15) is 17.4 Å². The maximum atomic E-state index is 12.4. The molecule has 0 unspecified atom stereocenters. The van der Waals surface area contributed by atoms with Crippen molar-refractivity contribution in [1.29, 1.82) is 5.26 Å². The van der Waals surface area contributed by atoms with Gasteiger partial charge in [-0.25, -0.2) is 0 Å². The normalized spacial score (nSPS) is 11.1. The monoisotopic (exact) mass is 337 g/mol. The third kappa shape index (κ3) is 4.30. The van der Waals surface area contributed by atoms with Crippen molar-refractivity contribution in [1.82, 2.24) is 4.57 Å². The van der Waals surface area contributed by atoms with Gasteiger partial charge in [-0.1, -0.05) is 6.92 Å². The molecule has 0 bridgehead atoms. The first-order chi connectivity index (χ1) is 12.0. The number of methoxy groups -OCH3 is 1. The van der Waals surface area contributed by atoms with E-state index in [2.05, 4.69) is 16.8 Å². The van der Waals surface area contributed by atoms with E-state index in [1.165, 1.54) is 0 Å². The largest absolute Gasteiger partial charge is 0.497 e. The zero-order valence-electron chi connectivity index (χ0n) is 15.1. The van der Waals surface area contributed by atoms with Crippen LogP contribution in [0, 0.1) is 25.2 Å². The van der Waals surface area contributed by atoms with Gasteiger partial charge in [0, 0.05) is 23.6 Å². The van der Waals surface area contributed by atoms with Crippen LogP contribution in [0.4, 0.5) is 5.69 Å². The highest BCUT2D eigenvalue weighted by Gasteiger charge is 2.13. The molecule has 1 aromatic heterocycles. The lowest BCUT2D eigenvalue weighted by Crippen LogP contribution is -2.13. The molecular weight excluding hydrogens is 314 g/mol. The summed E-state index contributed by atoms with van der Waals surface area (Å²) in [6, 6.07) is 11.0. The van der Waals surface area contributed by atoms with E-state index >= 15 is 0 Å². The van der Waals surface area contributed by atoms with Gasteiger partial charge in [-0.05, 0) is 62.2 Å². The molecule has 130 valence electrons. The predicted molar refractivity (Wildman–Crippen MR) is 99.4 cm³/mol. The number of rotatable bonds is 6. The van der Waals surface area contributed by atoms with Crippen LogP contribution in [-0.2, 0) is 11.3 Å². The highest BCUT2D eigenvalue weighted by molar-refractivity contribution is 6.09. The number of carbonyl (C=O) groups is 1. The van der Waals surface area contributed by atoms with Crippen molar-refractivity contribution in [2.24, 2.45) is 0 Å². The number of aromatic nitrogens is 1. The minimum atomic E-state index is -0.423. The molecule has 1 N–H and O–H groups in total. The lowest BCUT2D eigenvalue weighted by Gasteiger charge is -2.07. The summed E-state index contributed by atoms with van der Waals surface area (Å²) in [6.45, 7) is 7.08. The average Bonchev–Trinajstić information content (AvgIpc) is 2.88. The maximum Gasteiger partial charge on any atom is 0.266 e. The molecule has 0 aliphatic heterocycles. The van der Waals surface area contributed by atoms with Gasteiger partial charge in [0.05, 0.1) is 7.11 Å². The molecule has 1 aromatic carbocycles. The number of ether oxygens (including phenoxy) is 1. The first kappa shape index (κ1) is 18.3. The van der Waals surface area contributed by atoms with E-state index in [1.807, 2.05) is 26.0 Å². The van der Waals surface area contributed by atoms with Gasteiger partial charge in [-0.2, -0.15) is 5.26 Å². The van der Waals surface area contributed by atoms with Crippen LogP contribution in [0.15, 0.2) is 35.9 Å². The molecule has 0 saturated heterocycles. The second-order valence-corrected chi connectivity index (χ2v) is 5.83. The van der Waals surface area contributed by atoms with Crippen molar-refractivity contribution < 1.29 is 9.53 Å². The molecule has 0 aliphatic rings. The fraction of sp³-hybridized carbons (Fsp3) is 0.300. The summed E-state index contributed by atoms with van der Waals surface area (Å²) in [7, 11) is 1.58. The summed E-state index contributed by atoms with van der Waals surface area (Å²) < 4.78 is 7.29. The topological polar surface area (TPSA) is 67.0 Å². The van der Waals surface area contributed by atoms with Crippen LogP contribution >= 0.6 is 0 Å². The van der Waals surface area contributed by atoms with Crippen molar-refractivity contribution in [2.75, 3.05) is 12.4 Å². The summed E-state index contributed by atoms with van der Waals surface area (Å²) in [5.41, 5.74) is 3.77.